The fourth-order valence-corrected chi connectivity index (χ4v) is 4.00. The second kappa shape index (κ2) is 10.1. The highest BCUT2D eigenvalue weighted by Gasteiger charge is 2.12. The Hall–Kier alpha value is -2.77. The first-order valence-electron chi connectivity index (χ1n) is 9.54. The van der Waals surface area contributed by atoms with Gasteiger partial charge in [-0.05, 0) is 36.6 Å². The SMILES string of the molecule is CCNC(=NCc1ccc(OC)cc1OC)NCC(O)c1cc2ccccc2s1. The minimum Gasteiger partial charge on any atom is -0.497 e. The van der Waals surface area contributed by atoms with Crippen LogP contribution in [0.3, 0.4) is 0 Å². The van der Waals surface area contributed by atoms with E-state index in [1.54, 1.807) is 25.6 Å². The zero-order chi connectivity index (χ0) is 20.6. The van der Waals surface area contributed by atoms with Crippen LogP contribution in [-0.2, 0) is 6.54 Å². The summed E-state index contributed by atoms with van der Waals surface area (Å²) in [6.45, 7) is 3.55. The van der Waals surface area contributed by atoms with Gasteiger partial charge in [-0.2, -0.15) is 0 Å². The first kappa shape index (κ1) is 21.0. The molecule has 3 rings (SSSR count). The van der Waals surface area contributed by atoms with E-state index in [4.69, 9.17) is 9.47 Å². The van der Waals surface area contributed by atoms with Crippen LogP contribution in [0.1, 0.15) is 23.5 Å². The van der Waals surface area contributed by atoms with Crippen molar-refractivity contribution in [3.63, 3.8) is 0 Å². The van der Waals surface area contributed by atoms with Gasteiger partial charge in [0.15, 0.2) is 5.96 Å². The second-order valence-electron chi connectivity index (χ2n) is 6.46. The summed E-state index contributed by atoms with van der Waals surface area (Å²) >= 11 is 1.61. The lowest BCUT2D eigenvalue weighted by molar-refractivity contribution is 0.184. The largest absolute Gasteiger partial charge is 0.497 e. The van der Waals surface area contributed by atoms with Crippen LogP contribution in [0.2, 0.25) is 0 Å². The third kappa shape index (κ3) is 5.40. The molecule has 0 aliphatic heterocycles. The summed E-state index contributed by atoms with van der Waals surface area (Å²) in [7, 11) is 3.26. The van der Waals surface area contributed by atoms with Crippen molar-refractivity contribution in [2.24, 2.45) is 4.99 Å². The van der Waals surface area contributed by atoms with E-state index < -0.39 is 6.10 Å². The van der Waals surface area contributed by atoms with Gasteiger partial charge in [-0.15, -0.1) is 11.3 Å². The molecule has 0 aliphatic rings. The Balaban J connectivity index is 1.66. The summed E-state index contributed by atoms with van der Waals surface area (Å²) in [6, 6.07) is 15.9. The normalized spacial score (nSPS) is 12.6. The summed E-state index contributed by atoms with van der Waals surface area (Å²) < 4.78 is 11.8. The lowest BCUT2D eigenvalue weighted by Gasteiger charge is -2.15. The standard InChI is InChI=1S/C22H27N3O3S/c1-4-23-22(24-13-16-9-10-17(27-2)12-19(16)28-3)25-14-18(26)21-11-15-7-5-6-8-20(15)29-21/h5-12,18,26H,4,13-14H2,1-3H3,(H2,23,24,25). The highest BCUT2D eigenvalue weighted by molar-refractivity contribution is 7.19. The predicted molar refractivity (Wildman–Crippen MR) is 119 cm³/mol. The molecule has 7 heteroatoms. The number of aliphatic hydroxyl groups excluding tert-OH is 1. The highest BCUT2D eigenvalue weighted by atomic mass is 32.1. The van der Waals surface area contributed by atoms with Crippen LogP contribution in [0.25, 0.3) is 10.1 Å². The van der Waals surface area contributed by atoms with E-state index in [1.165, 1.54) is 4.70 Å². The third-order valence-corrected chi connectivity index (χ3v) is 5.70. The fraction of sp³-hybridized carbons (Fsp3) is 0.318. The number of ether oxygens (including phenoxy) is 2. The summed E-state index contributed by atoms with van der Waals surface area (Å²) in [5.41, 5.74) is 0.954. The van der Waals surface area contributed by atoms with E-state index in [1.807, 2.05) is 43.3 Å². The van der Waals surface area contributed by atoms with Crippen LogP contribution in [0.4, 0.5) is 0 Å². The van der Waals surface area contributed by atoms with E-state index >= 15 is 0 Å². The third-order valence-electron chi connectivity index (χ3n) is 4.48. The number of hydrogen-bond acceptors (Lipinski definition) is 5. The number of benzene rings is 2. The number of thiophene rings is 1. The van der Waals surface area contributed by atoms with Crippen LogP contribution < -0.4 is 20.1 Å². The molecule has 2 aromatic carbocycles. The van der Waals surface area contributed by atoms with Crippen molar-refractivity contribution in [3.05, 3.63) is 59.0 Å². The zero-order valence-corrected chi connectivity index (χ0v) is 17.8. The number of nitrogens with one attached hydrogen (secondary N) is 2. The van der Waals surface area contributed by atoms with E-state index in [2.05, 4.69) is 27.8 Å². The lowest BCUT2D eigenvalue weighted by atomic mass is 10.2. The minimum atomic E-state index is -0.605. The van der Waals surface area contributed by atoms with Gasteiger partial charge in [0.1, 0.15) is 17.6 Å². The average Bonchev–Trinajstić information content (AvgIpc) is 3.19. The smallest absolute Gasteiger partial charge is 0.191 e. The Morgan fingerprint density at radius 2 is 1.93 bits per heavy atom. The van der Waals surface area contributed by atoms with Gasteiger partial charge in [0.25, 0.3) is 0 Å². The number of rotatable bonds is 8. The van der Waals surface area contributed by atoms with E-state index in [-0.39, 0.29) is 0 Å². The van der Waals surface area contributed by atoms with Gasteiger partial charge in [0.05, 0.1) is 20.8 Å². The van der Waals surface area contributed by atoms with Crippen molar-refractivity contribution >= 4 is 27.4 Å². The van der Waals surface area contributed by atoms with Crippen molar-refractivity contribution in [2.75, 3.05) is 27.3 Å². The van der Waals surface area contributed by atoms with Gasteiger partial charge in [0.2, 0.25) is 0 Å². The molecular formula is C22H27N3O3S. The molecule has 0 fully saturated rings. The van der Waals surface area contributed by atoms with Gasteiger partial charge in [-0.3, -0.25) is 0 Å². The van der Waals surface area contributed by atoms with Crippen molar-refractivity contribution in [2.45, 2.75) is 19.6 Å². The molecule has 1 unspecified atom stereocenters. The molecule has 0 saturated carbocycles. The Labute approximate surface area is 175 Å². The maximum atomic E-state index is 10.6. The molecule has 0 saturated heterocycles. The van der Waals surface area contributed by atoms with Crippen molar-refractivity contribution in [1.82, 2.24) is 10.6 Å². The summed E-state index contributed by atoms with van der Waals surface area (Å²) in [5, 5.41) is 18.2. The van der Waals surface area contributed by atoms with Crippen LogP contribution in [0, 0.1) is 0 Å². The molecule has 1 heterocycles. The van der Waals surface area contributed by atoms with Crippen molar-refractivity contribution in [1.29, 1.82) is 0 Å². The monoisotopic (exact) mass is 413 g/mol. The first-order chi connectivity index (χ1) is 14.1. The van der Waals surface area contributed by atoms with Gasteiger partial charge in [-0.25, -0.2) is 4.99 Å². The molecular weight excluding hydrogens is 386 g/mol. The Kier molecular flexibility index (Phi) is 7.32. The molecule has 0 bridgehead atoms. The average molecular weight is 414 g/mol. The van der Waals surface area contributed by atoms with Gasteiger partial charge >= 0.3 is 0 Å². The van der Waals surface area contributed by atoms with Gasteiger partial charge in [-0.1, -0.05) is 18.2 Å². The quantitative estimate of drug-likeness (QED) is 0.388. The van der Waals surface area contributed by atoms with Crippen LogP contribution in [0.5, 0.6) is 11.5 Å². The fourth-order valence-electron chi connectivity index (χ4n) is 2.95. The van der Waals surface area contributed by atoms with Crippen LogP contribution in [0.15, 0.2) is 53.5 Å². The predicted octanol–water partition coefficient (Wildman–Crippen LogP) is 3.71. The maximum absolute atomic E-state index is 10.6. The topological polar surface area (TPSA) is 75.1 Å². The molecule has 29 heavy (non-hydrogen) atoms. The molecule has 0 radical (unpaired) electrons. The van der Waals surface area contributed by atoms with E-state index in [0.29, 0.717) is 19.0 Å². The molecule has 0 spiro atoms. The van der Waals surface area contributed by atoms with E-state index in [0.717, 1.165) is 33.9 Å². The lowest BCUT2D eigenvalue weighted by Crippen LogP contribution is -2.39. The number of hydrogen-bond donors (Lipinski definition) is 3. The molecule has 0 aliphatic carbocycles. The number of aliphatic hydroxyl groups is 1. The first-order valence-corrected chi connectivity index (χ1v) is 10.4. The molecule has 154 valence electrons. The summed E-state index contributed by atoms with van der Waals surface area (Å²) in [5.74, 6) is 2.12. The number of methoxy groups -OCH3 is 2. The molecule has 0 amide bonds. The molecule has 1 atom stereocenters. The molecule has 3 aromatic rings. The summed E-state index contributed by atoms with van der Waals surface area (Å²) in [6.07, 6.45) is -0.605. The Morgan fingerprint density at radius 3 is 2.66 bits per heavy atom. The zero-order valence-electron chi connectivity index (χ0n) is 16.9. The maximum Gasteiger partial charge on any atom is 0.191 e. The van der Waals surface area contributed by atoms with Crippen molar-refractivity contribution < 1.29 is 14.6 Å². The number of nitrogens with zero attached hydrogens (tertiary/aromatic N) is 1. The van der Waals surface area contributed by atoms with E-state index in [9.17, 15) is 5.11 Å². The molecule has 3 N–H and O–H groups in total. The van der Waals surface area contributed by atoms with Gasteiger partial charge < -0.3 is 25.2 Å². The second-order valence-corrected chi connectivity index (χ2v) is 7.57. The molecule has 6 nitrogen and oxygen atoms in total. The number of aliphatic imine (C=N–C) groups is 1. The Bertz CT molecular complexity index is 938. The van der Waals surface area contributed by atoms with Gasteiger partial charge in [0, 0.05) is 34.3 Å². The Morgan fingerprint density at radius 1 is 1.10 bits per heavy atom. The number of guanidine groups is 1. The van der Waals surface area contributed by atoms with Crippen LogP contribution in [-0.4, -0.2) is 38.4 Å². The van der Waals surface area contributed by atoms with Crippen LogP contribution >= 0.6 is 11.3 Å². The highest BCUT2D eigenvalue weighted by Crippen LogP contribution is 2.29. The minimum absolute atomic E-state index is 0.373. The summed E-state index contributed by atoms with van der Waals surface area (Å²) in [4.78, 5) is 5.56. The van der Waals surface area contributed by atoms with Crippen molar-refractivity contribution in [3.8, 4) is 11.5 Å². The number of fused-ring (bicyclic) bond motifs is 1. The molecule has 1 aromatic heterocycles.